The molecule has 196 valence electrons. The lowest BCUT2D eigenvalue weighted by atomic mass is 9.98. The second-order valence-electron chi connectivity index (χ2n) is 10.6. The van der Waals surface area contributed by atoms with Crippen LogP contribution >= 0.6 is 11.6 Å². The van der Waals surface area contributed by atoms with Crippen molar-refractivity contribution in [2.45, 2.75) is 65.0 Å². The highest BCUT2D eigenvalue weighted by Gasteiger charge is 2.34. The summed E-state index contributed by atoms with van der Waals surface area (Å²) in [6.45, 7) is 10.0. The van der Waals surface area contributed by atoms with Crippen LogP contribution in [-0.4, -0.2) is 24.5 Å². The van der Waals surface area contributed by atoms with E-state index >= 15 is 0 Å². The summed E-state index contributed by atoms with van der Waals surface area (Å²) in [5, 5.41) is 3.64. The van der Waals surface area contributed by atoms with Crippen molar-refractivity contribution in [3.8, 4) is 5.75 Å². The zero-order chi connectivity index (χ0) is 27.2. The quantitative estimate of drug-likeness (QED) is 0.327. The number of hydrogen-bond donors (Lipinski definition) is 1. The topological polar surface area (TPSA) is 58.6 Å². The van der Waals surface area contributed by atoms with Gasteiger partial charge in [0.15, 0.2) is 0 Å². The van der Waals surface area contributed by atoms with Gasteiger partial charge < -0.3 is 10.1 Å². The minimum Gasteiger partial charge on any atom is -0.497 e. The Hall–Kier alpha value is -3.31. The van der Waals surface area contributed by atoms with Gasteiger partial charge in [0.05, 0.1) is 7.11 Å². The molecule has 0 fully saturated rings. The van der Waals surface area contributed by atoms with E-state index < -0.39 is 11.6 Å². The molecule has 6 heteroatoms. The first-order chi connectivity index (χ1) is 17.5. The average Bonchev–Trinajstić information content (AvgIpc) is 2.85. The van der Waals surface area contributed by atoms with Crippen LogP contribution in [0.1, 0.15) is 69.7 Å². The van der Waals surface area contributed by atoms with E-state index in [1.807, 2.05) is 69.3 Å². The molecule has 0 saturated heterocycles. The number of benzene rings is 3. The molecule has 3 aromatic carbocycles. The molecule has 0 bridgehead atoms. The summed E-state index contributed by atoms with van der Waals surface area (Å²) in [5.74, 6) is 0.693. The van der Waals surface area contributed by atoms with Gasteiger partial charge in [-0.25, -0.2) is 0 Å². The van der Waals surface area contributed by atoms with Crippen molar-refractivity contribution in [3.63, 3.8) is 0 Å². The fourth-order valence-electron chi connectivity index (χ4n) is 4.16. The number of carbonyl (C=O) groups excluding carboxylic acids is 2. The molecule has 0 spiro atoms. The fourth-order valence-corrected chi connectivity index (χ4v) is 4.28. The summed E-state index contributed by atoms with van der Waals surface area (Å²) >= 11 is 6.16. The zero-order valence-electron chi connectivity index (χ0n) is 22.5. The molecule has 0 radical (unpaired) electrons. The van der Waals surface area contributed by atoms with Gasteiger partial charge in [0.25, 0.3) is 0 Å². The molecule has 0 heterocycles. The van der Waals surface area contributed by atoms with E-state index in [9.17, 15) is 9.59 Å². The van der Waals surface area contributed by atoms with Gasteiger partial charge >= 0.3 is 0 Å². The summed E-state index contributed by atoms with van der Waals surface area (Å²) in [7, 11) is 1.62. The van der Waals surface area contributed by atoms with E-state index in [1.165, 1.54) is 0 Å². The van der Waals surface area contributed by atoms with E-state index in [0.717, 1.165) is 16.9 Å². The van der Waals surface area contributed by atoms with Crippen molar-refractivity contribution >= 4 is 29.1 Å². The van der Waals surface area contributed by atoms with Gasteiger partial charge in [-0.1, -0.05) is 61.8 Å². The van der Waals surface area contributed by atoms with Crippen LogP contribution in [0.4, 0.5) is 5.69 Å². The van der Waals surface area contributed by atoms with Crippen molar-refractivity contribution in [2.24, 2.45) is 0 Å². The van der Waals surface area contributed by atoms with Gasteiger partial charge in [-0.15, -0.1) is 0 Å². The van der Waals surface area contributed by atoms with Crippen LogP contribution in [0, 0.1) is 0 Å². The molecule has 0 aliphatic rings. The summed E-state index contributed by atoms with van der Waals surface area (Å²) in [5.41, 5.74) is 3.04. The number of nitrogens with one attached hydrogen (secondary N) is 1. The Morgan fingerprint density at radius 2 is 1.57 bits per heavy atom. The Morgan fingerprint density at radius 1 is 0.946 bits per heavy atom. The average molecular weight is 521 g/mol. The molecule has 0 aliphatic carbocycles. The van der Waals surface area contributed by atoms with Crippen LogP contribution in [0.3, 0.4) is 0 Å². The Morgan fingerprint density at radius 3 is 2.14 bits per heavy atom. The lowest BCUT2D eigenvalue weighted by molar-refractivity contribution is -0.127. The Labute approximate surface area is 225 Å². The molecule has 3 aromatic rings. The van der Waals surface area contributed by atoms with Crippen LogP contribution in [0.15, 0.2) is 72.8 Å². The smallest absolute Gasteiger partial charge is 0.248 e. The SMILES string of the molecule is COc1cccc(CCC(=O)N(c2ccc(C(C)C)cc2)C(C(=O)NC(C)(C)C)c2ccc(Cl)cc2)c1. The predicted octanol–water partition coefficient (Wildman–Crippen LogP) is 7.09. The maximum Gasteiger partial charge on any atom is 0.248 e. The number of hydrogen-bond acceptors (Lipinski definition) is 3. The number of methoxy groups -OCH3 is 1. The second kappa shape index (κ2) is 12.3. The van der Waals surface area contributed by atoms with Crippen molar-refractivity contribution in [1.29, 1.82) is 0 Å². The lowest BCUT2D eigenvalue weighted by Gasteiger charge is -2.34. The van der Waals surface area contributed by atoms with Crippen molar-refractivity contribution in [2.75, 3.05) is 12.0 Å². The molecule has 5 nitrogen and oxygen atoms in total. The number of halogens is 1. The largest absolute Gasteiger partial charge is 0.497 e. The third-order valence-electron chi connectivity index (χ3n) is 6.06. The highest BCUT2D eigenvalue weighted by molar-refractivity contribution is 6.30. The lowest BCUT2D eigenvalue weighted by Crippen LogP contribution is -2.49. The van der Waals surface area contributed by atoms with E-state index in [4.69, 9.17) is 16.3 Å². The van der Waals surface area contributed by atoms with Crippen molar-refractivity contribution in [3.05, 3.63) is 94.5 Å². The second-order valence-corrected chi connectivity index (χ2v) is 11.0. The van der Waals surface area contributed by atoms with Crippen LogP contribution < -0.4 is 15.0 Å². The van der Waals surface area contributed by atoms with Gasteiger partial charge in [-0.05, 0) is 86.2 Å². The van der Waals surface area contributed by atoms with Gasteiger partial charge in [0, 0.05) is 22.7 Å². The number of anilines is 1. The Kier molecular flexibility index (Phi) is 9.39. The van der Waals surface area contributed by atoms with E-state index in [2.05, 4.69) is 19.2 Å². The maximum atomic E-state index is 13.9. The number of ether oxygens (including phenoxy) is 1. The number of rotatable bonds is 9. The Balaban J connectivity index is 2.05. The summed E-state index contributed by atoms with van der Waals surface area (Å²) < 4.78 is 5.33. The molecule has 0 aliphatic heterocycles. The van der Waals surface area contributed by atoms with E-state index in [1.54, 1.807) is 36.3 Å². The number of carbonyl (C=O) groups is 2. The monoisotopic (exact) mass is 520 g/mol. The maximum absolute atomic E-state index is 13.9. The zero-order valence-corrected chi connectivity index (χ0v) is 23.3. The van der Waals surface area contributed by atoms with Gasteiger partial charge in [0.1, 0.15) is 11.8 Å². The summed E-state index contributed by atoms with van der Waals surface area (Å²) in [4.78, 5) is 29.3. The first-order valence-electron chi connectivity index (χ1n) is 12.6. The van der Waals surface area contributed by atoms with Crippen LogP contribution in [0.2, 0.25) is 5.02 Å². The standard InChI is InChI=1S/C31H37ClN2O3/c1-21(2)23-13-17-26(18-14-23)34(28(35)19-10-22-8-7-9-27(20-22)37-6)29(30(36)33-31(3,4)5)24-11-15-25(32)16-12-24/h7-9,11-18,20-21,29H,10,19H2,1-6H3,(H,33,36). The van der Waals surface area contributed by atoms with Gasteiger partial charge in [-0.3, -0.25) is 14.5 Å². The number of amides is 2. The third-order valence-corrected chi connectivity index (χ3v) is 6.31. The molecular weight excluding hydrogens is 484 g/mol. The molecule has 1 N–H and O–H groups in total. The number of aryl methyl sites for hydroxylation is 1. The summed E-state index contributed by atoms with van der Waals surface area (Å²) in [6.07, 6.45) is 0.747. The molecule has 3 rings (SSSR count). The molecule has 0 saturated carbocycles. The Bertz CT molecular complexity index is 1200. The van der Waals surface area contributed by atoms with Crippen LogP contribution in [0.25, 0.3) is 0 Å². The van der Waals surface area contributed by atoms with E-state index in [-0.39, 0.29) is 18.2 Å². The molecule has 1 unspecified atom stereocenters. The van der Waals surface area contributed by atoms with Crippen molar-refractivity contribution < 1.29 is 14.3 Å². The molecule has 0 aromatic heterocycles. The highest BCUT2D eigenvalue weighted by atomic mass is 35.5. The number of nitrogens with zero attached hydrogens (tertiary/aromatic N) is 1. The fraction of sp³-hybridized carbons (Fsp3) is 0.355. The van der Waals surface area contributed by atoms with E-state index in [0.29, 0.717) is 28.6 Å². The van der Waals surface area contributed by atoms with Crippen LogP contribution in [0.5, 0.6) is 5.75 Å². The summed E-state index contributed by atoms with van der Waals surface area (Å²) in [6, 6.07) is 21.8. The minimum absolute atomic E-state index is 0.149. The normalized spacial score (nSPS) is 12.2. The van der Waals surface area contributed by atoms with Gasteiger partial charge in [-0.2, -0.15) is 0 Å². The molecular formula is C31H37ClN2O3. The van der Waals surface area contributed by atoms with Crippen LogP contribution in [-0.2, 0) is 16.0 Å². The van der Waals surface area contributed by atoms with Crippen molar-refractivity contribution in [1.82, 2.24) is 5.32 Å². The molecule has 2 amide bonds. The highest BCUT2D eigenvalue weighted by Crippen LogP contribution is 2.31. The first kappa shape index (κ1) is 28.3. The predicted molar refractivity (Wildman–Crippen MR) is 151 cm³/mol. The van der Waals surface area contributed by atoms with Gasteiger partial charge in [0.2, 0.25) is 11.8 Å². The minimum atomic E-state index is -0.862. The first-order valence-corrected chi connectivity index (χ1v) is 13.0. The molecule has 1 atom stereocenters. The molecule has 37 heavy (non-hydrogen) atoms. The third kappa shape index (κ3) is 7.83.